The van der Waals surface area contributed by atoms with Crippen molar-refractivity contribution in [1.82, 2.24) is 4.98 Å². The standard InChI is InChI=1S/C18H9Cl2IN2S/c19-13-3-6-15(16(20)8-13)17-10-24-18(23-17)12(9-22)7-11-1-4-14(21)5-2-11/h1-8,10H/b12-7+. The molecule has 0 spiro atoms. The normalized spacial score (nSPS) is 11.3. The van der Waals surface area contributed by atoms with Gasteiger partial charge in [0.25, 0.3) is 0 Å². The maximum Gasteiger partial charge on any atom is 0.134 e. The van der Waals surface area contributed by atoms with Crippen molar-refractivity contribution in [2.24, 2.45) is 0 Å². The van der Waals surface area contributed by atoms with Crippen molar-refractivity contribution in [3.63, 3.8) is 0 Å². The fourth-order valence-electron chi connectivity index (χ4n) is 2.09. The van der Waals surface area contributed by atoms with Crippen LogP contribution in [-0.4, -0.2) is 4.98 Å². The number of thiazole rings is 1. The molecule has 2 nitrogen and oxygen atoms in total. The summed E-state index contributed by atoms with van der Waals surface area (Å²) < 4.78 is 1.15. The molecule has 0 saturated carbocycles. The zero-order chi connectivity index (χ0) is 17.1. The van der Waals surface area contributed by atoms with E-state index in [2.05, 4.69) is 33.6 Å². The number of benzene rings is 2. The lowest BCUT2D eigenvalue weighted by molar-refractivity contribution is 1.37. The van der Waals surface area contributed by atoms with E-state index in [4.69, 9.17) is 23.2 Å². The average molecular weight is 483 g/mol. The highest BCUT2D eigenvalue weighted by Crippen LogP contribution is 2.33. The Labute approximate surface area is 167 Å². The van der Waals surface area contributed by atoms with Gasteiger partial charge in [0.1, 0.15) is 11.1 Å². The van der Waals surface area contributed by atoms with E-state index >= 15 is 0 Å². The number of halogens is 3. The molecule has 1 heterocycles. The Bertz CT molecular complexity index is 956. The Morgan fingerprint density at radius 1 is 1.17 bits per heavy atom. The summed E-state index contributed by atoms with van der Waals surface area (Å²) in [4.78, 5) is 4.55. The first-order valence-corrected chi connectivity index (χ1v) is 9.57. The van der Waals surface area contributed by atoms with Gasteiger partial charge >= 0.3 is 0 Å². The summed E-state index contributed by atoms with van der Waals surface area (Å²) >= 11 is 15.8. The van der Waals surface area contributed by atoms with Crippen molar-refractivity contribution in [2.45, 2.75) is 0 Å². The first-order valence-electron chi connectivity index (χ1n) is 6.85. The van der Waals surface area contributed by atoms with E-state index in [0.717, 1.165) is 20.4 Å². The average Bonchev–Trinajstić information content (AvgIpc) is 3.04. The molecule has 0 aliphatic carbocycles. The Morgan fingerprint density at radius 2 is 1.92 bits per heavy atom. The van der Waals surface area contributed by atoms with Crippen LogP contribution < -0.4 is 0 Å². The van der Waals surface area contributed by atoms with Crippen LogP contribution in [-0.2, 0) is 0 Å². The molecular formula is C18H9Cl2IN2S. The highest BCUT2D eigenvalue weighted by molar-refractivity contribution is 14.1. The summed E-state index contributed by atoms with van der Waals surface area (Å²) in [5.74, 6) is 0. The maximum absolute atomic E-state index is 9.47. The first kappa shape index (κ1) is 17.4. The van der Waals surface area contributed by atoms with Crippen molar-refractivity contribution in [1.29, 1.82) is 5.26 Å². The minimum atomic E-state index is 0.526. The lowest BCUT2D eigenvalue weighted by atomic mass is 10.1. The van der Waals surface area contributed by atoms with Gasteiger partial charge in [-0.1, -0.05) is 35.3 Å². The van der Waals surface area contributed by atoms with Gasteiger partial charge in [-0.3, -0.25) is 0 Å². The van der Waals surface area contributed by atoms with Crippen LogP contribution in [0.4, 0.5) is 0 Å². The highest BCUT2D eigenvalue weighted by Gasteiger charge is 2.11. The number of allylic oxidation sites excluding steroid dienone is 1. The van der Waals surface area contributed by atoms with Gasteiger partial charge in [-0.25, -0.2) is 4.98 Å². The predicted molar refractivity (Wildman–Crippen MR) is 110 cm³/mol. The second kappa shape index (κ2) is 7.66. The molecule has 6 heteroatoms. The molecule has 24 heavy (non-hydrogen) atoms. The summed E-state index contributed by atoms with van der Waals surface area (Å²) in [7, 11) is 0. The fraction of sp³-hybridized carbons (Fsp3) is 0. The van der Waals surface area contributed by atoms with Crippen LogP contribution in [0.3, 0.4) is 0 Å². The van der Waals surface area contributed by atoms with Crippen molar-refractivity contribution < 1.29 is 0 Å². The largest absolute Gasteiger partial charge is 0.235 e. The van der Waals surface area contributed by atoms with Gasteiger partial charge in [0.2, 0.25) is 0 Å². The molecule has 1 aromatic heterocycles. The van der Waals surface area contributed by atoms with Crippen molar-refractivity contribution in [3.8, 4) is 17.3 Å². The van der Waals surface area contributed by atoms with Crippen LogP contribution in [0, 0.1) is 14.9 Å². The summed E-state index contributed by atoms with van der Waals surface area (Å²) in [6.45, 7) is 0. The highest BCUT2D eigenvalue weighted by atomic mass is 127. The molecule has 2 aromatic carbocycles. The summed E-state index contributed by atoms with van der Waals surface area (Å²) in [5.41, 5.74) is 3.03. The Hall–Kier alpha value is -1.39. The van der Waals surface area contributed by atoms with Crippen molar-refractivity contribution in [2.75, 3.05) is 0 Å². The number of hydrogen-bond donors (Lipinski definition) is 0. The minimum absolute atomic E-state index is 0.526. The molecule has 0 bridgehead atoms. The first-order chi connectivity index (χ1) is 11.6. The third-order valence-electron chi connectivity index (χ3n) is 3.24. The monoisotopic (exact) mass is 482 g/mol. The Morgan fingerprint density at radius 3 is 2.58 bits per heavy atom. The second-order valence-corrected chi connectivity index (χ2v) is 7.83. The third kappa shape index (κ3) is 3.98. The van der Waals surface area contributed by atoms with Crippen molar-refractivity contribution >= 4 is 68.8 Å². The molecule has 0 atom stereocenters. The van der Waals surface area contributed by atoms with Crippen LogP contribution in [0.15, 0.2) is 47.8 Å². The minimum Gasteiger partial charge on any atom is -0.235 e. The zero-order valence-electron chi connectivity index (χ0n) is 12.1. The quantitative estimate of drug-likeness (QED) is 0.304. The zero-order valence-corrected chi connectivity index (χ0v) is 16.6. The summed E-state index contributed by atoms with van der Waals surface area (Å²) in [5, 5.41) is 13.1. The van der Waals surface area contributed by atoms with Gasteiger partial charge in [0.15, 0.2) is 0 Å². The van der Waals surface area contributed by atoms with Crippen LogP contribution in [0.5, 0.6) is 0 Å². The van der Waals surface area contributed by atoms with Gasteiger partial charge in [0.05, 0.1) is 16.3 Å². The van der Waals surface area contributed by atoms with Crippen LogP contribution in [0.25, 0.3) is 22.9 Å². The van der Waals surface area contributed by atoms with Crippen LogP contribution in [0.2, 0.25) is 10.0 Å². The van der Waals surface area contributed by atoms with E-state index in [9.17, 15) is 5.26 Å². The van der Waals surface area contributed by atoms with Crippen LogP contribution in [0.1, 0.15) is 10.6 Å². The van der Waals surface area contributed by atoms with E-state index in [1.165, 1.54) is 11.3 Å². The number of rotatable bonds is 3. The number of aromatic nitrogens is 1. The van der Waals surface area contributed by atoms with E-state index < -0.39 is 0 Å². The van der Waals surface area contributed by atoms with Gasteiger partial charge in [-0.05, 0) is 64.6 Å². The molecule has 3 rings (SSSR count). The molecule has 0 N–H and O–H groups in total. The van der Waals surface area contributed by atoms with E-state index in [1.54, 1.807) is 12.1 Å². The molecule has 0 aliphatic heterocycles. The second-order valence-electron chi connectivity index (χ2n) is 4.88. The van der Waals surface area contributed by atoms with E-state index in [0.29, 0.717) is 20.6 Å². The van der Waals surface area contributed by atoms with E-state index in [-0.39, 0.29) is 0 Å². The Kier molecular flexibility index (Phi) is 5.57. The topological polar surface area (TPSA) is 36.7 Å². The van der Waals surface area contributed by atoms with Gasteiger partial charge in [-0.2, -0.15) is 5.26 Å². The van der Waals surface area contributed by atoms with E-state index in [1.807, 2.05) is 41.8 Å². The smallest absolute Gasteiger partial charge is 0.134 e. The maximum atomic E-state index is 9.47. The molecule has 0 amide bonds. The SMILES string of the molecule is N#C/C(=C\c1ccc(I)cc1)c1nc(-c2ccc(Cl)cc2Cl)cs1. The lowest BCUT2D eigenvalue weighted by Gasteiger charge is -2.01. The Balaban J connectivity index is 1.96. The van der Waals surface area contributed by atoms with Gasteiger partial charge < -0.3 is 0 Å². The molecule has 0 aliphatic rings. The molecule has 0 unspecified atom stereocenters. The molecule has 118 valence electrons. The summed E-state index contributed by atoms with van der Waals surface area (Å²) in [6.07, 6.45) is 1.84. The molecule has 3 aromatic rings. The lowest BCUT2D eigenvalue weighted by Crippen LogP contribution is -1.84. The third-order valence-corrected chi connectivity index (χ3v) is 5.39. The summed E-state index contributed by atoms with van der Waals surface area (Å²) in [6, 6.07) is 15.5. The predicted octanol–water partition coefficient (Wildman–Crippen LogP) is 6.79. The number of nitrogens with zero attached hydrogens (tertiary/aromatic N) is 2. The van der Waals surface area contributed by atoms with Crippen LogP contribution >= 0.6 is 57.1 Å². The van der Waals surface area contributed by atoms with Gasteiger partial charge in [-0.15, -0.1) is 11.3 Å². The molecular weight excluding hydrogens is 474 g/mol. The number of hydrogen-bond acceptors (Lipinski definition) is 3. The molecule has 0 radical (unpaired) electrons. The fourth-order valence-corrected chi connectivity index (χ4v) is 3.74. The number of nitriles is 1. The molecule has 0 fully saturated rings. The van der Waals surface area contributed by atoms with Gasteiger partial charge in [0, 0.05) is 19.5 Å². The van der Waals surface area contributed by atoms with Crippen molar-refractivity contribution in [3.05, 3.63) is 72.0 Å². The molecule has 0 saturated heterocycles.